The molecule has 0 aliphatic carbocycles. The summed E-state index contributed by atoms with van der Waals surface area (Å²) in [5.41, 5.74) is 0. The second-order valence-corrected chi connectivity index (χ2v) is 16.7. The van der Waals surface area contributed by atoms with Crippen molar-refractivity contribution in [1.82, 2.24) is 0 Å². The van der Waals surface area contributed by atoms with Crippen molar-refractivity contribution in [2.45, 2.75) is 258 Å². The van der Waals surface area contributed by atoms with Gasteiger partial charge in [0.05, 0.1) is 0 Å². The molecule has 0 aromatic rings. The topological polar surface area (TPSA) is 78.9 Å². The summed E-state index contributed by atoms with van der Waals surface area (Å²) in [6, 6.07) is 0. The normalized spacial score (nSPS) is 12.4. The first-order valence-electron chi connectivity index (χ1n) is 25.1. The number of allylic oxidation sites excluding steroid dienone is 8. The molecule has 0 aromatic heterocycles. The van der Waals surface area contributed by atoms with Crippen molar-refractivity contribution in [2.24, 2.45) is 0 Å². The number of esters is 3. The molecule has 0 N–H and O–H groups in total. The van der Waals surface area contributed by atoms with Crippen molar-refractivity contribution < 1.29 is 28.6 Å². The minimum Gasteiger partial charge on any atom is -0.462 e. The zero-order chi connectivity index (χ0) is 43.0. The van der Waals surface area contributed by atoms with Crippen molar-refractivity contribution >= 4 is 17.9 Å². The first-order valence-corrected chi connectivity index (χ1v) is 25.1. The molecule has 0 amide bonds. The Hall–Kier alpha value is -2.63. The van der Waals surface area contributed by atoms with Gasteiger partial charge in [0.25, 0.3) is 0 Å². The molecule has 0 saturated heterocycles. The fraction of sp³-hybridized carbons (Fsp3) is 0.792. The number of unbranched alkanes of at least 4 members (excludes halogenated alkanes) is 26. The lowest BCUT2D eigenvalue weighted by Gasteiger charge is -2.18. The number of hydrogen-bond acceptors (Lipinski definition) is 6. The predicted molar refractivity (Wildman–Crippen MR) is 252 cm³/mol. The summed E-state index contributed by atoms with van der Waals surface area (Å²) in [5.74, 6) is -0.902. The van der Waals surface area contributed by atoms with Crippen LogP contribution in [0.5, 0.6) is 0 Å². The molecule has 0 rings (SSSR count). The molecule has 6 heteroatoms. The summed E-state index contributed by atoms with van der Waals surface area (Å²) < 4.78 is 16.8. The molecule has 0 aliphatic rings. The molecular weight excluding hydrogens is 733 g/mol. The van der Waals surface area contributed by atoms with E-state index in [1.165, 1.54) is 103 Å². The van der Waals surface area contributed by atoms with E-state index < -0.39 is 6.10 Å². The van der Waals surface area contributed by atoms with E-state index in [4.69, 9.17) is 14.2 Å². The van der Waals surface area contributed by atoms with Gasteiger partial charge in [-0.3, -0.25) is 14.4 Å². The fourth-order valence-corrected chi connectivity index (χ4v) is 7.04. The number of hydrogen-bond donors (Lipinski definition) is 0. The van der Waals surface area contributed by atoms with E-state index in [1.54, 1.807) is 0 Å². The number of carbonyl (C=O) groups is 3. The molecule has 0 spiro atoms. The van der Waals surface area contributed by atoms with Gasteiger partial charge in [0, 0.05) is 19.3 Å². The molecule has 59 heavy (non-hydrogen) atoms. The van der Waals surface area contributed by atoms with E-state index >= 15 is 0 Å². The lowest BCUT2D eigenvalue weighted by Crippen LogP contribution is -2.30. The number of carbonyl (C=O) groups excluding carboxylic acids is 3. The van der Waals surface area contributed by atoms with Gasteiger partial charge in [-0.05, 0) is 77.0 Å². The van der Waals surface area contributed by atoms with Crippen molar-refractivity contribution in [2.75, 3.05) is 13.2 Å². The third-order valence-electron chi connectivity index (χ3n) is 10.8. The predicted octanol–water partition coefficient (Wildman–Crippen LogP) is 16.3. The molecule has 0 aliphatic heterocycles. The first kappa shape index (κ1) is 56.4. The molecule has 0 fully saturated rings. The Bertz CT molecular complexity index is 1040. The first-order chi connectivity index (χ1) is 29.0. The molecule has 6 nitrogen and oxygen atoms in total. The Morgan fingerprint density at radius 2 is 0.661 bits per heavy atom. The van der Waals surface area contributed by atoms with Gasteiger partial charge in [-0.2, -0.15) is 0 Å². The maximum absolute atomic E-state index is 12.8. The largest absolute Gasteiger partial charge is 0.462 e. The minimum atomic E-state index is -0.780. The van der Waals surface area contributed by atoms with Crippen LogP contribution in [0.25, 0.3) is 0 Å². The summed E-state index contributed by atoms with van der Waals surface area (Å²) in [5, 5.41) is 0. The van der Waals surface area contributed by atoms with E-state index in [9.17, 15) is 14.4 Å². The van der Waals surface area contributed by atoms with Crippen LogP contribution in [-0.2, 0) is 28.6 Å². The lowest BCUT2D eigenvalue weighted by molar-refractivity contribution is -0.167. The maximum atomic E-state index is 12.8. The average Bonchev–Trinajstić information content (AvgIpc) is 3.23. The third-order valence-corrected chi connectivity index (χ3v) is 10.8. The van der Waals surface area contributed by atoms with Gasteiger partial charge in [-0.25, -0.2) is 0 Å². The molecule has 0 saturated carbocycles. The van der Waals surface area contributed by atoms with Crippen LogP contribution in [0.2, 0.25) is 0 Å². The summed E-state index contributed by atoms with van der Waals surface area (Å²) >= 11 is 0. The van der Waals surface area contributed by atoms with Crippen LogP contribution in [0.1, 0.15) is 252 Å². The zero-order valence-corrected chi connectivity index (χ0v) is 39.0. The van der Waals surface area contributed by atoms with Crippen LogP contribution in [0.4, 0.5) is 0 Å². The van der Waals surface area contributed by atoms with Gasteiger partial charge in [0.15, 0.2) is 6.10 Å². The van der Waals surface area contributed by atoms with Crippen LogP contribution in [-0.4, -0.2) is 37.2 Å². The second kappa shape index (κ2) is 48.0. The molecule has 0 unspecified atom stereocenters. The fourth-order valence-electron chi connectivity index (χ4n) is 7.04. The Labute approximate surface area is 365 Å². The summed E-state index contributed by atoms with van der Waals surface area (Å²) in [6.45, 7) is 6.50. The van der Waals surface area contributed by atoms with Gasteiger partial charge in [-0.15, -0.1) is 0 Å². The van der Waals surface area contributed by atoms with Crippen LogP contribution in [0.3, 0.4) is 0 Å². The molecule has 0 heterocycles. The Morgan fingerprint density at radius 3 is 1.05 bits per heavy atom. The molecular formula is C53H94O6. The van der Waals surface area contributed by atoms with Crippen molar-refractivity contribution in [3.63, 3.8) is 0 Å². The number of rotatable bonds is 45. The maximum Gasteiger partial charge on any atom is 0.306 e. The Balaban J connectivity index is 4.40. The SMILES string of the molecule is CC/C=C\C/C=C\C/C=C\CCCCCCCC(=O)OC[C@@H](COC(=O)CCCCCCCCCCCCC)OC(=O)CCCCCCC/C=C\CCCCCCCC. The zero-order valence-electron chi connectivity index (χ0n) is 39.0. The molecule has 0 bridgehead atoms. The smallest absolute Gasteiger partial charge is 0.306 e. The van der Waals surface area contributed by atoms with Crippen LogP contribution >= 0.6 is 0 Å². The average molecular weight is 827 g/mol. The van der Waals surface area contributed by atoms with Crippen molar-refractivity contribution in [3.8, 4) is 0 Å². The van der Waals surface area contributed by atoms with Crippen molar-refractivity contribution in [1.29, 1.82) is 0 Å². The quantitative estimate of drug-likeness (QED) is 0.0263. The van der Waals surface area contributed by atoms with Gasteiger partial charge in [0.1, 0.15) is 13.2 Å². The van der Waals surface area contributed by atoms with Gasteiger partial charge in [-0.1, -0.05) is 204 Å². The highest BCUT2D eigenvalue weighted by atomic mass is 16.6. The van der Waals surface area contributed by atoms with E-state index in [1.807, 2.05) is 0 Å². The molecule has 342 valence electrons. The highest BCUT2D eigenvalue weighted by Gasteiger charge is 2.19. The van der Waals surface area contributed by atoms with Gasteiger partial charge in [0.2, 0.25) is 0 Å². The second-order valence-electron chi connectivity index (χ2n) is 16.7. The van der Waals surface area contributed by atoms with Crippen LogP contribution < -0.4 is 0 Å². The van der Waals surface area contributed by atoms with Crippen molar-refractivity contribution in [3.05, 3.63) is 48.6 Å². The lowest BCUT2D eigenvalue weighted by atomic mass is 10.1. The minimum absolute atomic E-state index is 0.0801. The van der Waals surface area contributed by atoms with E-state index in [0.717, 1.165) is 109 Å². The number of ether oxygens (including phenoxy) is 3. The van der Waals surface area contributed by atoms with Gasteiger partial charge >= 0.3 is 17.9 Å². The Morgan fingerprint density at radius 1 is 0.356 bits per heavy atom. The summed E-state index contributed by atoms with van der Waals surface area (Å²) in [4.78, 5) is 37.9. The molecule has 1 atom stereocenters. The van der Waals surface area contributed by atoms with E-state index in [-0.39, 0.29) is 31.1 Å². The highest BCUT2D eigenvalue weighted by Crippen LogP contribution is 2.14. The van der Waals surface area contributed by atoms with Gasteiger partial charge < -0.3 is 14.2 Å². The summed E-state index contributed by atoms with van der Waals surface area (Å²) in [6.07, 6.45) is 56.6. The molecule has 0 aromatic carbocycles. The van der Waals surface area contributed by atoms with E-state index in [2.05, 4.69) is 69.4 Å². The monoisotopic (exact) mass is 827 g/mol. The third kappa shape index (κ3) is 46.3. The standard InChI is InChI=1S/C53H94O6/c1-4-7-10-13-16-19-22-24-26-28-31-34-37-40-43-46-52(55)58-49-50(48-57-51(54)45-42-39-36-33-30-21-18-15-12-9-6-3)59-53(56)47-44-41-38-35-32-29-27-25-23-20-17-14-11-8-5-2/h7,10,16,19,24-27,50H,4-6,8-9,11-15,17-18,20-23,28-49H2,1-3H3/b10-7-,19-16-,26-24-,27-25-/t50-/m1/s1. The van der Waals surface area contributed by atoms with Crippen LogP contribution in [0, 0.1) is 0 Å². The molecule has 0 radical (unpaired) electrons. The van der Waals surface area contributed by atoms with Crippen LogP contribution in [0.15, 0.2) is 48.6 Å². The highest BCUT2D eigenvalue weighted by molar-refractivity contribution is 5.71. The Kier molecular flexibility index (Phi) is 45.9. The van der Waals surface area contributed by atoms with E-state index in [0.29, 0.717) is 19.3 Å². The summed E-state index contributed by atoms with van der Waals surface area (Å²) in [7, 11) is 0.